The van der Waals surface area contributed by atoms with Gasteiger partial charge in [0.15, 0.2) is 0 Å². The molecule has 2 aliphatic rings. The summed E-state index contributed by atoms with van der Waals surface area (Å²) >= 11 is 5.00. The summed E-state index contributed by atoms with van der Waals surface area (Å²) in [5, 5.41) is 2.31. The summed E-state index contributed by atoms with van der Waals surface area (Å²) in [7, 11) is 0. The largest absolute Gasteiger partial charge is 0.322 e. The van der Waals surface area contributed by atoms with Crippen molar-refractivity contribution in [3.05, 3.63) is 29.3 Å². The summed E-state index contributed by atoms with van der Waals surface area (Å²) in [6.45, 7) is 0.427. The van der Waals surface area contributed by atoms with E-state index in [1.165, 1.54) is 0 Å². The number of nitrogens with zero attached hydrogens (tertiary/aromatic N) is 1. The molecule has 0 aliphatic carbocycles. The Hall–Kier alpha value is -1.34. The highest BCUT2D eigenvalue weighted by atomic mass is 79.9. The molecule has 0 saturated carbocycles. The molecule has 0 bridgehead atoms. The molecule has 1 aromatic rings. The minimum atomic E-state index is -0.551. The summed E-state index contributed by atoms with van der Waals surface area (Å²) in [5.74, 6) is -0.769. The van der Waals surface area contributed by atoms with Crippen LogP contribution >= 0.6 is 27.7 Å². The maximum absolute atomic E-state index is 12.5. The average Bonchev–Trinajstić information content (AvgIpc) is 2.78. The second kappa shape index (κ2) is 5.81. The van der Waals surface area contributed by atoms with Gasteiger partial charge in [-0.2, -0.15) is 0 Å². The molecule has 1 N–H and O–H groups in total. The number of carbonyl (C=O) groups is 3. The number of piperidine rings is 1. The van der Waals surface area contributed by atoms with E-state index in [0.717, 1.165) is 15.1 Å². The lowest BCUT2D eigenvalue weighted by atomic mass is 10.0. The second-order valence-electron chi connectivity index (χ2n) is 4.94. The molecule has 0 aromatic heterocycles. The first kappa shape index (κ1) is 14.6. The molecule has 1 aromatic carbocycles. The van der Waals surface area contributed by atoms with Crippen molar-refractivity contribution in [1.29, 1.82) is 0 Å². The van der Waals surface area contributed by atoms with Gasteiger partial charge < -0.3 is 4.90 Å². The number of carbonyl (C=O) groups excluding carboxylic acids is 3. The van der Waals surface area contributed by atoms with Crippen LogP contribution in [0.1, 0.15) is 28.8 Å². The first-order chi connectivity index (χ1) is 10.1. The molecular formula is C14H13BrN2O3S. The van der Waals surface area contributed by atoms with Crippen LogP contribution in [0.25, 0.3) is 0 Å². The van der Waals surface area contributed by atoms with Crippen LogP contribution in [-0.2, 0) is 16.1 Å². The molecule has 1 fully saturated rings. The Morgan fingerprint density at radius 3 is 2.86 bits per heavy atom. The van der Waals surface area contributed by atoms with Gasteiger partial charge in [0.25, 0.3) is 5.91 Å². The van der Waals surface area contributed by atoms with Crippen LogP contribution in [0.15, 0.2) is 23.1 Å². The Labute approximate surface area is 134 Å². The number of fused-ring (bicyclic) bond motifs is 1. The minimum absolute atomic E-state index is 0.128. The molecule has 1 unspecified atom stereocenters. The van der Waals surface area contributed by atoms with E-state index in [-0.39, 0.29) is 24.1 Å². The van der Waals surface area contributed by atoms with Crippen LogP contribution in [-0.4, -0.2) is 33.3 Å². The van der Waals surface area contributed by atoms with E-state index in [4.69, 9.17) is 0 Å². The third-order valence-corrected chi connectivity index (χ3v) is 5.24. The van der Waals surface area contributed by atoms with E-state index in [1.54, 1.807) is 22.7 Å². The predicted octanol–water partition coefficient (Wildman–Crippen LogP) is 1.89. The zero-order chi connectivity index (χ0) is 15.0. The number of nitrogens with one attached hydrogen (secondary N) is 1. The number of hydrogen-bond acceptors (Lipinski definition) is 4. The van der Waals surface area contributed by atoms with Gasteiger partial charge in [-0.1, -0.05) is 22.0 Å². The highest BCUT2D eigenvalue weighted by molar-refractivity contribution is 9.11. The number of imide groups is 1. The standard InChI is InChI=1S/C14H13BrN2O3S/c15-7-21-11-3-1-2-8-9(11)6-17(14(8)20)10-4-5-12(18)16-13(10)19/h1-3,10H,4-7H2,(H,16,18,19). The van der Waals surface area contributed by atoms with Crippen molar-refractivity contribution >= 4 is 45.4 Å². The Bertz CT molecular complexity index is 635. The van der Waals surface area contributed by atoms with Crippen LogP contribution in [0.5, 0.6) is 0 Å². The highest BCUT2D eigenvalue weighted by Crippen LogP contribution is 2.34. The number of hydrogen-bond donors (Lipinski definition) is 1. The lowest BCUT2D eigenvalue weighted by Gasteiger charge is -2.29. The van der Waals surface area contributed by atoms with E-state index >= 15 is 0 Å². The second-order valence-corrected chi connectivity index (χ2v) is 7.26. The normalized spacial score (nSPS) is 21.5. The van der Waals surface area contributed by atoms with Crippen molar-refractivity contribution < 1.29 is 14.4 Å². The van der Waals surface area contributed by atoms with Gasteiger partial charge in [-0.3, -0.25) is 19.7 Å². The number of rotatable bonds is 3. The first-order valence-electron chi connectivity index (χ1n) is 6.57. The van der Waals surface area contributed by atoms with Gasteiger partial charge in [0.2, 0.25) is 11.8 Å². The fourth-order valence-electron chi connectivity index (χ4n) is 2.75. The monoisotopic (exact) mass is 368 g/mol. The quantitative estimate of drug-likeness (QED) is 0.502. The first-order valence-corrected chi connectivity index (χ1v) is 8.68. The van der Waals surface area contributed by atoms with Crippen molar-refractivity contribution in [3.8, 4) is 0 Å². The summed E-state index contributed by atoms with van der Waals surface area (Å²) in [6, 6.07) is 5.08. The van der Waals surface area contributed by atoms with Gasteiger partial charge in [-0.15, -0.1) is 11.8 Å². The third-order valence-electron chi connectivity index (χ3n) is 3.75. The minimum Gasteiger partial charge on any atom is -0.322 e. The number of thioether (sulfide) groups is 1. The number of benzene rings is 1. The van der Waals surface area contributed by atoms with Crippen LogP contribution in [0.3, 0.4) is 0 Å². The van der Waals surface area contributed by atoms with Gasteiger partial charge >= 0.3 is 0 Å². The van der Waals surface area contributed by atoms with Crippen LogP contribution in [0.4, 0.5) is 0 Å². The van der Waals surface area contributed by atoms with Gasteiger partial charge in [-0.25, -0.2) is 0 Å². The van der Waals surface area contributed by atoms with Gasteiger partial charge in [0, 0.05) is 23.4 Å². The molecule has 5 nitrogen and oxygen atoms in total. The molecule has 1 atom stereocenters. The Kier molecular flexibility index (Phi) is 4.03. The Balaban J connectivity index is 1.88. The van der Waals surface area contributed by atoms with Crippen LogP contribution in [0, 0.1) is 0 Å². The Morgan fingerprint density at radius 2 is 2.14 bits per heavy atom. The molecule has 3 amide bonds. The fourth-order valence-corrected chi connectivity index (χ4v) is 4.13. The maximum Gasteiger partial charge on any atom is 0.255 e. The molecule has 1 saturated heterocycles. The highest BCUT2D eigenvalue weighted by Gasteiger charge is 2.39. The number of alkyl halides is 1. The van der Waals surface area contributed by atoms with E-state index in [0.29, 0.717) is 18.5 Å². The molecule has 0 radical (unpaired) electrons. The predicted molar refractivity (Wildman–Crippen MR) is 82.1 cm³/mol. The summed E-state index contributed by atoms with van der Waals surface area (Å²) < 4.78 is 0.746. The summed E-state index contributed by atoms with van der Waals surface area (Å²) in [6.07, 6.45) is 0.671. The lowest BCUT2D eigenvalue weighted by Crippen LogP contribution is -2.52. The SMILES string of the molecule is O=C1CCC(N2Cc3c(SCBr)cccc3C2=O)C(=O)N1. The van der Waals surface area contributed by atoms with Gasteiger partial charge in [0.05, 0.1) is 4.66 Å². The smallest absolute Gasteiger partial charge is 0.255 e. The van der Waals surface area contributed by atoms with E-state index in [9.17, 15) is 14.4 Å². The summed E-state index contributed by atoms with van der Waals surface area (Å²) in [5.41, 5.74) is 1.63. The fraction of sp³-hybridized carbons (Fsp3) is 0.357. The van der Waals surface area contributed by atoms with E-state index < -0.39 is 6.04 Å². The van der Waals surface area contributed by atoms with E-state index in [2.05, 4.69) is 21.2 Å². The maximum atomic E-state index is 12.5. The molecule has 3 rings (SSSR count). The van der Waals surface area contributed by atoms with Crippen LogP contribution < -0.4 is 5.32 Å². The third kappa shape index (κ3) is 2.60. The van der Waals surface area contributed by atoms with Crippen molar-refractivity contribution in [1.82, 2.24) is 10.2 Å². The summed E-state index contributed by atoms with van der Waals surface area (Å²) in [4.78, 5) is 38.3. The zero-order valence-corrected chi connectivity index (χ0v) is 13.5. The van der Waals surface area contributed by atoms with Crippen molar-refractivity contribution in [2.75, 3.05) is 4.66 Å². The lowest BCUT2D eigenvalue weighted by molar-refractivity contribution is -0.136. The molecule has 7 heteroatoms. The Morgan fingerprint density at radius 1 is 1.33 bits per heavy atom. The van der Waals surface area contributed by atoms with Crippen molar-refractivity contribution in [2.24, 2.45) is 0 Å². The van der Waals surface area contributed by atoms with Crippen molar-refractivity contribution in [3.63, 3.8) is 0 Å². The molecule has 21 heavy (non-hydrogen) atoms. The van der Waals surface area contributed by atoms with Gasteiger partial charge in [-0.05, 0) is 24.1 Å². The molecular weight excluding hydrogens is 356 g/mol. The molecule has 110 valence electrons. The average molecular weight is 369 g/mol. The molecule has 2 aliphatic heterocycles. The number of halogens is 1. The number of amides is 3. The molecule has 2 heterocycles. The topological polar surface area (TPSA) is 66.5 Å². The zero-order valence-electron chi connectivity index (χ0n) is 11.1. The van der Waals surface area contributed by atoms with Crippen molar-refractivity contribution in [2.45, 2.75) is 30.3 Å². The van der Waals surface area contributed by atoms with Crippen LogP contribution in [0.2, 0.25) is 0 Å². The van der Waals surface area contributed by atoms with E-state index in [1.807, 2.05) is 12.1 Å². The molecule has 0 spiro atoms. The van der Waals surface area contributed by atoms with Gasteiger partial charge in [0.1, 0.15) is 6.04 Å².